The highest BCUT2D eigenvalue weighted by atomic mass is 16.2. The number of anilines is 1. The molecule has 1 saturated heterocycles. The van der Waals surface area contributed by atoms with Gasteiger partial charge in [0.2, 0.25) is 0 Å². The summed E-state index contributed by atoms with van der Waals surface area (Å²) >= 11 is 0. The van der Waals surface area contributed by atoms with Crippen LogP contribution in [0.1, 0.15) is 18.5 Å². The summed E-state index contributed by atoms with van der Waals surface area (Å²) in [6.45, 7) is 3.67. The van der Waals surface area contributed by atoms with Crippen LogP contribution in [0.15, 0.2) is 6.07 Å². The second-order valence-electron chi connectivity index (χ2n) is 3.92. The van der Waals surface area contributed by atoms with Crippen molar-refractivity contribution in [1.29, 1.82) is 0 Å². The third kappa shape index (κ3) is 2.11. The molecule has 0 unspecified atom stereocenters. The van der Waals surface area contributed by atoms with E-state index in [0.717, 1.165) is 31.6 Å². The molecule has 2 heterocycles. The number of amides is 2. The zero-order valence-electron chi connectivity index (χ0n) is 9.16. The topological polar surface area (TPSA) is 50.2 Å². The second-order valence-corrected chi connectivity index (χ2v) is 3.92. The first kappa shape index (κ1) is 10.0. The lowest BCUT2D eigenvalue weighted by molar-refractivity contribution is 0.222. The molecule has 1 fully saturated rings. The van der Waals surface area contributed by atoms with Crippen molar-refractivity contribution < 1.29 is 4.79 Å². The number of nitrogens with one attached hydrogen (secondary N) is 1. The number of hydrogen-bond acceptors (Lipinski definition) is 2. The zero-order chi connectivity index (χ0) is 10.8. The van der Waals surface area contributed by atoms with Crippen molar-refractivity contribution in [2.45, 2.75) is 19.8 Å². The second kappa shape index (κ2) is 3.92. The molecule has 5 nitrogen and oxygen atoms in total. The summed E-state index contributed by atoms with van der Waals surface area (Å²) in [5.41, 5.74) is 1.03. The van der Waals surface area contributed by atoms with Crippen LogP contribution in [0.25, 0.3) is 0 Å². The minimum Gasteiger partial charge on any atom is -0.324 e. The Hall–Kier alpha value is -1.52. The number of aryl methyl sites for hydroxylation is 2. The molecular formula is C10H16N4O. The van der Waals surface area contributed by atoms with E-state index in [2.05, 4.69) is 10.4 Å². The Morgan fingerprint density at radius 2 is 2.13 bits per heavy atom. The van der Waals surface area contributed by atoms with Gasteiger partial charge < -0.3 is 4.90 Å². The van der Waals surface area contributed by atoms with E-state index in [9.17, 15) is 4.79 Å². The third-order valence-corrected chi connectivity index (χ3v) is 2.74. The quantitative estimate of drug-likeness (QED) is 0.757. The van der Waals surface area contributed by atoms with Gasteiger partial charge >= 0.3 is 6.03 Å². The van der Waals surface area contributed by atoms with E-state index in [1.807, 2.05) is 24.9 Å². The van der Waals surface area contributed by atoms with Crippen molar-refractivity contribution in [1.82, 2.24) is 14.7 Å². The first-order valence-electron chi connectivity index (χ1n) is 5.23. The van der Waals surface area contributed by atoms with Crippen LogP contribution in [-0.2, 0) is 7.05 Å². The molecule has 1 aromatic heterocycles. The summed E-state index contributed by atoms with van der Waals surface area (Å²) in [6.07, 6.45) is 2.21. The van der Waals surface area contributed by atoms with Gasteiger partial charge in [0.15, 0.2) is 5.82 Å². The average Bonchev–Trinajstić information content (AvgIpc) is 2.77. The molecule has 2 rings (SSSR count). The number of aromatic nitrogens is 2. The Morgan fingerprint density at radius 1 is 1.47 bits per heavy atom. The number of carbonyl (C=O) groups excluding carboxylic acids is 1. The van der Waals surface area contributed by atoms with Gasteiger partial charge in [-0.25, -0.2) is 4.79 Å². The normalized spacial score (nSPS) is 15.7. The number of rotatable bonds is 1. The van der Waals surface area contributed by atoms with Gasteiger partial charge in [-0.1, -0.05) is 0 Å². The highest BCUT2D eigenvalue weighted by Gasteiger charge is 2.18. The number of hydrogen-bond donors (Lipinski definition) is 1. The summed E-state index contributed by atoms with van der Waals surface area (Å²) in [5, 5.41) is 6.98. The maximum atomic E-state index is 11.7. The fraction of sp³-hybridized carbons (Fsp3) is 0.600. The van der Waals surface area contributed by atoms with Gasteiger partial charge in [-0.15, -0.1) is 0 Å². The molecule has 0 spiro atoms. The van der Waals surface area contributed by atoms with Crippen molar-refractivity contribution in [3.8, 4) is 0 Å². The molecule has 0 atom stereocenters. The first-order valence-corrected chi connectivity index (χ1v) is 5.23. The summed E-state index contributed by atoms with van der Waals surface area (Å²) in [6, 6.07) is 1.83. The van der Waals surface area contributed by atoms with Crippen molar-refractivity contribution in [3.05, 3.63) is 11.8 Å². The smallest absolute Gasteiger partial charge is 0.323 e. The first-order chi connectivity index (χ1) is 7.16. The predicted molar refractivity (Wildman–Crippen MR) is 57.8 cm³/mol. The van der Waals surface area contributed by atoms with Gasteiger partial charge in [-0.2, -0.15) is 5.10 Å². The maximum Gasteiger partial charge on any atom is 0.323 e. The summed E-state index contributed by atoms with van der Waals surface area (Å²) in [5.74, 6) is 0.631. The molecule has 1 aliphatic rings. The van der Waals surface area contributed by atoms with Crippen LogP contribution in [-0.4, -0.2) is 33.8 Å². The number of likely N-dealkylation sites (tertiary alicyclic amines) is 1. The standard InChI is InChI=1S/C10H16N4O/c1-8-7-9(12-13(8)2)11-10(15)14-5-3-4-6-14/h7H,3-6H2,1-2H3,(H,11,12,15). The molecule has 1 N–H and O–H groups in total. The monoisotopic (exact) mass is 208 g/mol. The molecule has 5 heteroatoms. The molecule has 0 aliphatic carbocycles. The van der Waals surface area contributed by atoms with E-state index in [-0.39, 0.29) is 6.03 Å². The van der Waals surface area contributed by atoms with Gasteiger partial charge in [-0.05, 0) is 19.8 Å². The SMILES string of the molecule is Cc1cc(NC(=O)N2CCCC2)nn1C. The Bertz CT molecular complexity index is 346. The molecule has 15 heavy (non-hydrogen) atoms. The fourth-order valence-corrected chi connectivity index (χ4v) is 1.73. The van der Waals surface area contributed by atoms with Crippen LogP contribution < -0.4 is 5.32 Å². The Morgan fingerprint density at radius 3 is 2.67 bits per heavy atom. The molecule has 2 amide bonds. The van der Waals surface area contributed by atoms with Crippen molar-refractivity contribution in [2.24, 2.45) is 7.05 Å². The molecule has 82 valence electrons. The van der Waals surface area contributed by atoms with Crippen LogP contribution in [0.5, 0.6) is 0 Å². The zero-order valence-corrected chi connectivity index (χ0v) is 9.16. The number of carbonyl (C=O) groups is 1. The lowest BCUT2D eigenvalue weighted by Crippen LogP contribution is -2.32. The molecular weight excluding hydrogens is 192 g/mol. The van der Waals surface area contributed by atoms with E-state index in [4.69, 9.17) is 0 Å². The van der Waals surface area contributed by atoms with Crippen LogP contribution in [0.4, 0.5) is 10.6 Å². The minimum atomic E-state index is -0.0365. The van der Waals surface area contributed by atoms with Gasteiger partial charge in [0.05, 0.1) is 0 Å². The number of nitrogens with zero attached hydrogens (tertiary/aromatic N) is 3. The van der Waals surface area contributed by atoms with E-state index in [0.29, 0.717) is 5.82 Å². The average molecular weight is 208 g/mol. The lowest BCUT2D eigenvalue weighted by Gasteiger charge is -2.14. The molecule has 0 aromatic carbocycles. The predicted octanol–water partition coefficient (Wildman–Crippen LogP) is 1.36. The van der Waals surface area contributed by atoms with Crippen LogP contribution in [0.2, 0.25) is 0 Å². The van der Waals surface area contributed by atoms with Crippen LogP contribution in [0.3, 0.4) is 0 Å². The van der Waals surface area contributed by atoms with Crippen LogP contribution in [0, 0.1) is 6.92 Å². The molecule has 1 aromatic rings. The van der Waals surface area contributed by atoms with Crippen LogP contribution >= 0.6 is 0 Å². The Labute approximate surface area is 89.1 Å². The summed E-state index contributed by atoms with van der Waals surface area (Å²) in [4.78, 5) is 13.5. The minimum absolute atomic E-state index is 0.0365. The van der Waals surface area contributed by atoms with Gasteiger partial charge in [0.25, 0.3) is 0 Å². The molecule has 1 aliphatic heterocycles. The highest BCUT2D eigenvalue weighted by molar-refractivity contribution is 5.88. The van der Waals surface area contributed by atoms with Gasteiger partial charge in [0.1, 0.15) is 0 Å². The lowest BCUT2D eigenvalue weighted by atomic mass is 10.4. The molecule has 0 bridgehead atoms. The van der Waals surface area contributed by atoms with E-state index in [1.54, 1.807) is 4.68 Å². The van der Waals surface area contributed by atoms with Gasteiger partial charge in [0, 0.05) is 31.9 Å². The Kier molecular flexibility index (Phi) is 2.62. The summed E-state index contributed by atoms with van der Waals surface area (Å²) < 4.78 is 1.75. The molecule has 0 radical (unpaired) electrons. The van der Waals surface area contributed by atoms with E-state index in [1.165, 1.54) is 0 Å². The fourth-order valence-electron chi connectivity index (χ4n) is 1.73. The number of urea groups is 1. The van der Waals surface area contributed by atoms with Crippen molar-refractivity contribution >= 4 is 11.8 Å². The van der Waals surface area contributed by atoms with Crippen molar-refractivity contribution in [3.63, 3.8) is 0 Å². The Balaban J connectivity index is 1.99. The largest absolute Gasteiger partial charge is 0.324 e. The summed E-state index contributed by atoms with van der Waals surface area (Å²) in [7, 11) is 1.86. The van der Waals surface area contributed by atoms with Crippen molar-refractivity contribution in [2.75, 3.05) is 18.4 Å². The third-order valence-electron chi connectivity index (χ3n) is 2.74. The van der Waals surface area contributed by atoms with E-state index < -0.39 is 0 Å². The van der Waals surface area contributed by atoms with Gasteiger partial charge in [-0.3, -0.25) is 10.00 Å². The van der Waals surface area contributed by atoms with E-state index >= 15 is 0 Å². The highest BCUT2D eigenvalue weighted by Crippen LogP contribution is 2.11. The maximum absolute atomic E-state index is 11.7. The molecule has 0 saturated carbocycles.